The van der Waals surface area contributed by atoms with E-state index in [0.29, 0.717) is 11.3 Å². The van der Waals surface area contributed by atoms with Crippen LogP contribution in [0.1, 0.15) is 35.4 Å². The summed E-state index contributed by atoms with van der Waals surface area (Å²) in [5.74, 6) is 1.46. The van der Waals surface area contributed by atoms with Crippen molar-refractivity contribution in [2.75, 3.05) is 5.32 Å². The van der Waals surface area contributed by atoms with E-state index >= 15 is 0 Å². The highest BCUT2D eigenvalue weighted by molar-refractivity contribution is 6.04. The lowest BCUT2D eigenvalue weighted by molar-refractivity contribution is -0.0498. The predicted molar refractivity (Wildman–Crippen MR) is 104 cm³/mol. The molecular weight excluding hydrogens is 378 g/mol. The number of halogens is 2. The average Bonchev–Trinajstić information content (AvgIpc) is 2.96. The highest BCUT2D eigenvalue weighted by Crippen LogP contribution is 2.25. The van der Waals surface area contributed by atoms with Crippen LogP contribution in [0.4, 0.5) is 14.5 Å². The van der Waals surface area contributed by atoms with Crippen molar-refractivity contribution < 1.29 is 18.3 Å². The van der Waals surface area contributed by atoms with Crippen molar-refractivity contribution in [1.29, 1.82) is 0 Å². The number of aromatic nitrogens is 3. The van der Waals surface area contributed by atoms with E-state index in [-0.39, 0.29) is 11.7 Å². The minimum Gasteiger partial charge on any atom is -0.435 e. The van der Waals surface area contributed by atoms with Gasteiger partial charge in [-0.25, -0.2) is 0 Å². The second-order valence-electron chi connectivity index (χ2n) is 6.84. The van der Waals surface area contributed by atoms with Gasteiger partial charge in [-0.1, -0.05) is 18.6 Å². The maximum absolute atomic E-state index is 12.5. The largest absolute Gasteiger partial charge is 0.435 e. The molecule has 4 rings (SSSR count). The Bertz CT molecular complexity index is 1000. The van der Waals surface area contributed by atoms with E-state index in [1.54, 1.807) is 6.07 Å². The third-order valence-corrected chi connectivity index (χ3v) is 4.83. The summed E-state index contributed by atoms with van der Waals surface area (Å²) < 4.78 is 30.9. The van der Waals surface area contributed by atoms with Gasteiger partial charge in [0.15, 0.2) is 5.82 Å². The Balaban J connectivity index is 1.51. The van der Waals surface area contributed by atoms with Gasteiger partial charge >= 0.3 is 6.61 Å². The highest BCUT2D eigenvalue weighted by Gasteiger charge is 2.16. The number of ether oxygens (including phenoxy) is 1. The van der Waals surface area contributed by atoms with E-state index < -0.39 is 6.61 Å². The van der Waals surface area contributed by atoms with Crippen LogP contribution in [-0.2, 0) is 13.0 Å². The molecule has 1 aliphatic rings. The van der Waals surface area contributed by atoms with Crippen molar-refractivity contribution >= 4 is 11.6 Å². The molecule has 0 unspecified atom stereocenters. The summed E-state index contributed by atoms with van der Waals surface area (Å²) in [6.45, 7) is -2.01. The molecule has 1 N–H and O–H groups in total. The van der Waals surface area contributed by atoms with E-state index in [0.717, 1.165) is 43.0 Å². The highest BCUT2D eigenvalue weighted by atomic mass is 19.3. The quantitative estimate of drug-likeness (QED) is 0.686. The van der Waals surface area contributed by atoms with Crippen LogP contribution in [0.3, 0.4) is 0 Å². The van der Waals surface area contributed by atoms with E-state index in [2.05, 4.69) is 24.8 Å². The molecule has 0 saturated carbocycles. The summed E-state index contributed by atoms with van der Waals surface area (Å²) in [5, 5.41) is 11.5. The third-order valence-electron chi connectivity index (χ3n) is 4.83. The zero-order valence-electron chi connectivity index (χ0n) is 15.6. The van der Waals surface area contributed by atoms with Crippen molar-refractivity contribution in [3.05, 3.63) is 59.9 Å². The SMILES string of the molecule is O=C(Nc1cccc(-c2nnc3n2CCCCC3)c1)c1ccc(OC(F)F)cc1. The van der Waals surface area contributed by atoms with Gasteiger partial charge in [0, 0.05) is 29.8 Å². The number of carbonyl (C=O) groups excluding carboxylic acids is 1. The fourth-order valence-corrected chi connectivity index (χ4v) is 3.43. The number of benzene rings is 2. The molecule has 0 atom stereocenters. The number of rotatable bonds is 5. The summed E-state index contributed by atoms with van der Waals surface area (Å²) in [4.78, 5) is 12.5. The lowest BCUT2D eigenvalue weighted by Crippen LogP contribution is -2.12. The molecule has 2 aromatic carbocycles. The van der Waals surface area contributed by atoms with Crippen molar-refractivity contribution in [1.82, 2.24) is 14.8 Å². The van der Waals surface area contributed by atoms with Gasteiger partial charge < -0.3 is 14.6 Å². The molecular formula is C21H20F2N4O2. The molecule has 8 heteroatoms. The maximum atomic E-state index is 12.5. The van der Waals surface area contributed by atoms with E-state index in [9.17, 15) is 13.6 Å². The number of amides is 1. The minimum absolute atomic E-state index is 0.00560. The van der Waals surface area contributed by atoms with Gasteiger partial charge in [-0.3, -0.25) is 4.79 Å². The number of anilines is 1. The molecule has 1 aliphatic heterocycles. The Morgan fingerprint density at radius 1 is 1.07 bits per heavy atom. The van der Waals surface area contributed by atoms with Crippen LogP contribution in [0.2, 0.25) is 0 Å². The molecule has 6 nitrogen and oxygen atoms in total. The lowest BCUT2D eigenvalue weighted by atomic mass is 10.1. The van der Waals surface area contributed by atoms with Gasteiger partial charge in [0.25, 0.3) is 5.91 Å². The topological polar surface area (TPSA) is 69.0 Å². The first kappa shape index (κ1) is 19.0. The van der Waals surface area contributed by atoms with Gasteiger partial charge in [-0.15, -0.1) is 10.2 Å². The van der Waals surface area contributed by atoms with Crippen LogP contribution in [0.15, 0.2) is 48.5 Å². The van der Waals surface area contributed by atoms with E-state index in [1.807, 2.05) is 18.2 Å². The molecule has 0 saturated heterocycles. The molecule has 0 bridgehead atoms. The molecule has 29 heavy (non-hydrogen) atoms. The van der Waals surface area contributed by atoms with Crippen LogP contribution < -0.4 is 10.1 Å². The lowest BCUT2D eigenvalue weighted by Gasteiger charge is -2.10. The average molecular weight is 398 g/mol. The Labute approximate surface area is 166 Å². The second-order valence-corrected chi connectivity index (χ2v) is 6.84. The number of carbonyl (C=O) groups is 1. The van der Waals surface area contributed by atoms with E-state index in [4.69, 9.17) is 0 Å². The van der Waals surface area contributed by atoms with Crippen LogP contribution >= 0.6 is 0 Å². The van der Waals surface area contributed by atoms with Gasteiger partial charge in [0.05, 0.1) is 0 Å². The standard InChI is InChI=1S/C21H20F2N4O2/c22-21(23)29-17-10-8-14(9-11-17)20(28)24-16-6-4-5-15(13-16)19-26-25-18-7-2-1-3-12-27(18)19/h4-6,8-11,13,21H,1-3,7,12H2,(H,24,28). The monoisotopic (exact) mass is 398 g/mol. The Morgan fingerprint density at radius 2 is 1.90 bits per heavy atom. The summed E-state index contributed by atoms with van der Waals surface area (Å²) in [7, 11) is 0. The van der Waals surface area contributed by atoms with Crippen LogP contribution in [0, 0.1) is 0 Å². The van der Waals surface area contributed by atoms with Gasteiger partial charge in [0.1, 0.15) is 11.6 Å². The summed E-state index contributed by atoms with van der Waals surface area (Å²) >= 11 is 0. The molecule has 0 radical (unpaired) electrons. The first-order valence-electron chi connectivity index (χ1n) is 9.49. The fourth-order valence-electron chi connectivity index (χ4n) is 3.43. The smallest absolute Gasteiger partial charge is 0.387 e. The van der Waals surface area contributed by atoms with Crippen molar-refractivity contribution in [3.8, 4) is 17.1 Å². The molecule has 0 spiro atoms. The Morgan fingerprint density at radius 3 is 2.69 bits per heavy atom. The maximum Gasteiger partial charge on any atom is 0.387 e. The molecule has 3 aromatic rings. The van der Waals surface area contributed by atoms with Crippen molar-refractivity contribution in [2.45, 2.75) is 38.8 Å². The summed E-state index contributed by atoms with van der Waals surface area (Å²) in [6.07, 6.45) is 4.32. The molecule has 1 aromatic heterocycles. The molecule has 0 aliphatic carbocycles. The molecule has 1 amide bonds. The van der Waals surface area contributed by atoms with Crippen LogP contribution in [-0.4, -0.2) is 27.3 Å². The number of nitrogens with zero attached hydrogens (tertiary/aromatic N) is 3. The van der Waals surface area contributed by atoms with Crippen molar-refractivity contribution in [2.24, 2.45) is 0 Å². The number of fused-ring (bicyclic) bond motifs is 1. The number of aryl methyl sites for hydroxylation is 1. The summed E-state index contributed by atoms with van der Waals surface area (Å²) in [5.41, 5.74) is 1.84. The first-order valence-corrected chi connectivity index (χ1v) is 9.49. The molecule has 2 heterocycles. The second kappa shape index (κ2) is 8.38. The number of alkyl halides is 2. The normalized spacial score (nSPS) is 13.6. The Hall–Kier alpha value is -3.29. The van der Waals surface area contributed by atoms with Crippen LogP contribution in [0.5, 0.6) is 5.75 Å². The van der Waals surface area contributed by atoms with E-state index in [1.165, 1.54) is 30.7 Å². The molecule has 150 valence electrons. The first-order chi connectivity index (χ1) is 14.1. The van der Waals surface area contributed by atoms with Crippen molar-refractivity contribution in [3.63, 3.8) is 0 Å². The number of hydrogen-bond donors (Lipinski definition) is 1. The van der Waals surface area contributed by atoms with Crippen LogP contribution in [0.25, 0.3) is 11.4 Å². The number of nitrogens with one attached hydrogen (secondary N) is 1. The Kier molecular flexibility index (Phi) is 5.50. The zero-order chi connectivity index (χ0) is 20.2. The van der Waals surface area contributed by atoms with Gasteiger partial charge in [0.2, 0.25) is 0 Å². The minimum atomic E-state index is -2.90. The molecule has 0 fully saturated rings. The summed E-state index contributed by atoms with van der Waals surface area (Å²) in [6, 6.07) is 13.0. The third kappa shape index (κ3) is 4.42. The fraction of sp³-hybridized carbons (Fsp3) is 0.286. The van der Waals surface area contributed by atoms with Gasteiger partial charge in [-0.05, 0) is 49.2 Å². The predicted octanol–water partition coefficient (Wildman–Crippen LogP) is 4.53. The zero-order valence-corrected chi connectivity index (χ0v) is 15.6. The number of hydrogen-bond acceptors (Lipinski definition) is 4. The van der Waals surface area contributed by atoms with Gasteiger partial charge in [-0.2, -0.15) is 8.78 Å².